The molecule has 0 aliphatic carbocycles. The van der Waals surface area contributed by atoms with Crippen LogP contribution in [0, 0.1) is 25.2 Å². The van der Waals surface area contributed by atoms with E-state index in [4.69, 9.17) is 0 Å². The van der Waals surface area contributed by atoms with Crippen LogP contribution >= 0.6 is 11.8 Å². The van der Waals surface area contributed by atoms with Gasteiger partial charge in [0.15, 0.2) is 5.16 Å². The van der Waals surface area contributed by atoms with Crippen LogP contribution in [0.15, 0.2) is 52.5 Å². The number of hydrogen-bond donors (Lipinski definition) is 0. The summed E-state index contributed by atoms with van der Waals surface area (Å²) < 4.78 is 0. The van der Waals surface area contributed by atoms with E-state index in [1.165, 1.54) is 11.8 Å². The molecule has 3 nitrogen and oxygen atoms in total. The van der Waals surface area contributed by atoms with Gasteiger partial charge in [-0.05, 0) is 49.2 Å². The molecule has 0 aliphatic rings. The highest BCUT2D eigenvalue weighted by molar-refractivity contribution is 7.99. The van der Waals surface area contributed by atoms with Gasteiger partial charge in [0.05, 0.1) is 11.6 Å². The Balaban J connectivity index is 2.11. The molecule has 1 aromatic heterocycles. The summed E-state index contributed by atoms with van der Waals surface area (Å²) in [5.74, 6) is 0. The summed E-state index contributed by atoms with van der Waals surface area (Å²) >= 11 is 1.53. The molecule has 0 aliphatic heterocycles. The number of hydrogen-bond acceptors (Lipinski definition) is 4. The average Bonchev–Trinajstić information content (AvgIpc) is 2.46. The van der Waals surface area contributed by atoms with Crippen LogP contribution in [0.5, 0.6) is 0 Å². The van der Waals surface area contributed by atoms with Crippen LogP contribution in [0.3, 0.4) is 0 Å². The summed E-state index contributed by atoms with van der Waals surface area (Å²) in [6.07, 6.45) is 0. The number of rotatable bonds is 2. The summed E-state index contributed by atoms with van der Waals surface area (Å²) in [6.45, 7) is 3.94. The van der Waals surface area contributed by atoms with E-state index in [9.17, 15) is 5.26 Å². The lowest BCUT2D eigenvalue weighted by atomic mass is 10.1. The number of nitrogens with zero attached hydrogens (tertiary/aromatic N) is 3. The lowest BCUT2D eigenvalue weighted by Crippen LogP contribution is -1.93. The summed E-state index contributed by atoms with van der Waals surface area (Å²) in [6, 6.07) is 16.0. The smallest absolute Gasteiger partial charge is 0.192 e. The molecule has 0 saturated carbocycles. The number of fused-ring (bicyclic) bond motifs is 1. The van der Waals surface area contributed by atoms with Crippen molar-refractivity contribution in [3.8, 4) is 6.07 Å². The second-order valence-corrected chi connectivity index (χ2v) is 5.81. The first-order chi connectivity index (χ1) is 10.2. The van der Waals surface area contributed by atoms with Crippen LogP contribution in [-0.2, 0) is 0 Å². The molecule has 0 radical (unpaired) electrons. The minimum absolute atomic E-state index is 0.691. The van der Waals surface area contributed by atoms with Gasteiger partial charge in [0.1, 0.15) is 0 Å². The predicted molar refractivity (Wildman–Crippen MR) is 84.3 cm³/mol. The third-order valence-corrected chi connectivity index (χ3v) is 4.11. The first-order valence-electron chi connectivity index (χ1n) is 6.59. The fourth-order valence-electron chi connectivity index (χ4n) is 2.30. The van der Waals surface area contributed by atoms with Gasteiger partial charge < -0.3 is 0 Å². The monoisotopic (exact) mass is 291 g/mol. The normalized spacial score (nSPS) is 10.5. The predicted octanol–water partition coefficient (Wildman–Crippen LogP) is 4.27. The Morgan fingerprint density at radius 2 is 1.62 bits per heavy atom. The van der Waals surface area contributed by atoms with Crippen LogP contribution < -0.4 is 0 Å². The SMILES string of the molecule is Cc1cc(C)nc(Sc2ccc(C#N)c3ccccc23)n1. The van der Waals surface area contributed by atoms with Crippen LogP contribution in [0.2, 0.25) is 0 Å². The Morgan fingerprint density at radius 3 is 2.29 bits per heavy atom. The van der Waals surface area contributed by atoms with Gasteiger partial charge in [0.25, 0.3) is 0 Å². The maximum Gasteiger partial charge on any atom is 0.192 e. The third-order valence-electron chi connectivity index (χ3n) is 3.17. The highest BCUT2D eigenvalue weighted by Gasteiger charge is 2.09. The molecule has 102 valence electrons. The largest absolute Gasteiger partial charge is 0.228 e. The van der Waals surface area contributed by atoms with Crippen molar-refractivity contribution < 1.29 is 0 Å². The van der Waals surface area contributed by atoms with Gasteiger partial charge in [0.2, 0.25) is 0 Å². The van der Waals surface area contributed by atoms with E-state index in [0.29, 0.717) is 5.56 Å². The van der Waals surface area contributed by atoms with Crippen molar-refractivity contribution in [2.24, 2.45) is 0 Å². The molecular weight excluding hydrogens is 278 g/mol. The molecule has 0 saturated heterocycles. The molecule has 0 unspecified atom stereocenters. The van der Waals surface area contributed by atoms with Gasteiger partial charge in [-0.15, -0.1) is 0 Å². The molecule has 0 spiro atoms. The summed E-state index contributed by atoms with van der Waals surface area (Å²) in [4.78, 5) is 10.00. The molecule has 0 amide bonds. The van der Waals surface area contributed by atoms with Crippen molar-refractivity contribution in [1.82, 2.24) is 9.97 Å². The van der Waals surface area contributed by atoms with E-state index in [-0.39, 0.29) is 0 Å². The van der Waals surface area contributed by atoms with Gasteiger partial charge in [-0.3, -0.25) is 0 Å². The van der Waals surface area contributed by atoms with Crippen molar-refractivity contribution in [1.29, 1.82) is 5.26 Å². The Kier molecular flexibility index (Phi) is 3.59. The maximum atomic E-state index is 9.21. The first-order valence-corrected chi connectivity index (χ1v) is 7.41. The molecule has 4 heteroatoms. The Bertz CT molecular complexity index is 845. The van der Waals surface area contributed by atoms with Gasteiger partial charge in [-0.25, -0.2) is 9.97 Å². The van der Waals surface area contributed by atoms with Gasteiger partial charge in [-0.2, -0.15) is 5.26 Å². The Hall–Kier alpha value is -2.38. The van der Waals surface area contributed by atoms with E-state index in [1.807, 2.05) is 56.3 Å². The number of aryl methyl sites for hydroxylation is 2. The number of aromatic nitrogens is 2. The lowest BCUT2D eigenvalue weighted by Gasteiger charge is -2.07. The highest BCUT2D eigenvalue weighted by atomic mass is 32.2. The average molecular weight is 291 g/mol. The number of nitriles is 1. The zero-order valence-electron chi connectivity index (χ0n) is 11.8. The van der Waals surface area contributed by atoms with E-state index in [0.717, 1.165) is 32.2 Å². The molecule has 3 rings (SSSR count). The van der Waals surface area contributed by atoms with Crippen LogP contribution in [-0.4, -0.2) is 9.97 Å². The molecule has 0 bridgehead atoms. The van der Waals surface area contributed by atoms with Gasteiger partial charge >= 0.3 is 0 Å². The minimum Gasteiger partial charge on any atom is -0.228 e. The number of benzene rings is 2. The second-order valence-electron chi connectivity index (χ2n) is 4.80. The lowest BCUT2D eigenvalue weighted by molar-refractivity contribution is 0.902. The van der Waals surface area contributed by atoms with E-state index >= 15 is 0 Å². The molecular formula is C17H13N3S. The van der Waals surface area contributed by atoms with Crippen LogP contribution in [0.1, 0.15) is 17.0 Å². The van der Waals surface area contributed by atoms with Crippen molar-refractivity contribution in [2.75, 3.05) is 0 Å². The molecule has 2 aromatic carbocycles. The standard InChI is InChI=1S/C17H13N3S/c1-11-9-12(2)20-17(19-11)21-16-8-7-13(10-18)14-5-3-4-6-15(14)16/h3-9H,1-2H3. The fourth-order valence-corrected chi connectivity index (χ4v) is 3.30. The van der Waals surface area contributed by atoms with Crippen molar-refractivity contribution >= 4 is 22.5 Å². The zero-order chi connectivity index (χ0) is 14.8. The Morgan fingerprint density at radius 1 is 0.952 bits per heavy atom. The third kappa shape index (κ3) is 2.74. The molecule has 21 heavy (non-hydrogen) atoms. The second kappa shape index (κ2) is 5.55. The molecule has 3 aromatic rings. The fraction of sp³-hybridized carbons (Fsp3) is 0.118. The minimum atomic E-state index is 0.691. The molecule has 1 heterocycles. The van der Waals surface area contributed by atoms with Gasteiger partial charge in [0, 0.05) is 21.7 Å². The molecule has 0 atom stereocenters. The molecule has 0 N–H and O–H groups in total. The zero-order valence-corrected chi connectivity index (χ0v) is 12.6. The van der Waals surface area contributed by atoms with E-state index < -0.39 is 0 Å². The quantitative estimate of drug-likeness (QED) is 0.662. The molecule has 0 fully saturated rings. The Labute approximate surface area is 127 Å². The summed E-state index contributed by atoms with van der Waals surface area (Å²) in [5.41, 5.74) is 2.61. The topological polar surface area (TPSA) is 49.6 Å². The summed E-state index contributed by atoms with van der Waals surface area (Å²) in [7, 11) is 0. The van der Waals surface area contributed by atoms with Crippen LogP contribution in [0.25, 0.3) is 10.8 Å². The maximum absolute atomic E-state index is 9.21. The van der Waals surface area contributed by atoms with Crippen molar-refractivity contribution in [2.45, 2.75) is 23.9 Å². The van der Waals surface area contributed by atoms with Gasteiger partial charge in [-0.1, -0.05) is 24.3 Å². The van der Waals surface area contributed by atoms with Crippen molar-refractivity contribution in [3.63, 3.8) is 0 Å². The van der Waals surface area contributed by atoms with Crippen molar-refractivity contribution in [3.05, 3.63) is 59.4 Å². The van der Waals surface area contributed by atoms with E-state index in [2.05, 4.69) is 16.0 Å². The van der Waals surface area contributed by atoms with E-state index in [1.54, 1.807) is 0 Å². The first kappa shape index (κ1) is 13.6. The summed E-state index contributed by atoms with van der Waals surface area (Å²) in [5, 5.41) is 12.0. The van der Waals surface area contributed by atoms with Crippen LogP contribution in [0.4, 0.5) is 0 Å². The highest BCUT2D eigenvalue weighted by Crippen LogP contribution is 2.33.